The highest BCUT2D eigenvalue weighted by molar-refractivity contribution is 5.17. The summed E-state index contributed by atoms with van der Waals surface area (Å²) in [6.07, 6.45) is 2.38. The van der Waals surface area contributed by atoms with Crippen molar-refractivity contribution in [1.29, 1.82) is 0 Å². The molecule has 14 heavy (non-hydrogen) atoms. The summed E-state index contributed by atoms with van der Waals surface area (Å²) < 4.78 is 1.53. The van der Waals surface area contributed by atoms with Crippen LogP contribution in [0.1, 0.15) is 31.5 Å². The van der Waals surface area contributed by atoms with E-state index in [4.69, 9.17) is 0 Å². The van der Waals surface area contributed by atoms with Gasteiger partial charge in [0.05, 0.1) is 0 Å². The first kappa shape index (κ1) is 10.8. The minimum absolute atomic E-state index is 0.237. The van der Waals surface area contributed by atoms with Crippen molar-refractivity contribution in [1.82, 2.24) is 9.55 Å². The van der Waals surface area contributed by atoms with Gasteiger partial charge in [0.25, 0.3) is 5.56 Å². The first-order valence-electron chi connectivity index (χ1n) is 4.92. The lowest BCUT2D eigenvalue weighted by atomic mass is 10.1. The van der Waals surface area contributed by atoms with Crippen molar-refractivity contribution in [3.8, 4) is 0 Å². The van der Waals surface area contributed by atoms with Crippen LogP contribution in [0.15, 0.2) is 9.59 Å². The normalized spacial score (nSPS) is 10.5. The molecule has 1 aromatic rings. The molecule has 0 unspecified atom stereocenters. The molecule has 0 radical (unpaired) electrons. The average Bonchev–Trinajstić information content (AvgIpc) is 2.14. The van der Waals surface area contributed by atoms with Crippen LogP contribution < -0.4 is 11.2 Å². The molecule has 0 bridgehead atoms. The van der Waals surface area contributed by atoms with Gasteiger partial charge in [-0.3, -0.25) is 9.78 Å². The quantitative estimate of drug-likeness (QED) is 0.769. The topological polar surface area (TPSA) is 54.9 Å². The molecule has 0 saturated carbocycles. The standard InChI is InChI=1S/C10H16N2O2/c1-4-6-8-7(5-2)9(13)11-10(14)12(8)3/h4-6H2,1-3H3,(H,11,13,14). The summed E-state index contributed by atoms with van der Waals surface area (Å²) in [7, 11) is 1.70. The van der Waals surface area contributed by atoms with E-state index in [1.54, 1.807) is 7.05 Å². The largest absolute Gasteiger partial charge is 0.328 e. The van der Waals surface area contributed by atoms with Crippen LogP contribution in [0, 0.1) is 0 Å². The second-order valence-electron chi connectivity index (χ2n) is 3.35. The van der Waals surface area contributed by atoms with Gasteiger partial charge in [-0.2, -0.15) is 0 Å². The fourth-order valence-corrected chi connectivity index (χ4v) is 1.63. The van der Waals surface area contributed by atoms with Crippen LogP contribution in [-0.2, 0) is 19.9 Å². The third kappa shape index (κ3) is 1.78. The van der Waals surface area contributed by atoms with E-state index < -0.39 is 0 Å². The van der Waals surface area contributed by atoms with Crippen molar-refractivity contribution in [2.75, 3.05) is 0 Å². The zero-order chi connectivity index (χ0) is 10.7. The Hall–Kier alpha value is -1.32. The maximum absolute atomic E-state index is 11.5. The van der Waals surface area contributed by atoms with Crippen molar-refractivity contribution in [2.45, 2.75) is 33.1 Å². The maximum atomic E-state index is 11.5. The van der Waals surface area contributed by atoms with Crippen LogP contribution in [0.5, 0.6) is 0 Å². The fraction of sp³-hybridized carbons (Fsp3) is 0.600. The lowest BCUT2D eigenvalue weighted by Crippen LogP contribution is -2.33. The molecule has 1 aromatic heterocycles. The highest BCUT2D eigenvalue weighted by Gasteiger charge is 2.09. The van der Waals surface area contributed by atoms with Crippen molar-refractivity contribution >= 4 is 0 Å². The van der Waals surface area contributed by atoms with E-state index >= 15 is 0 Å². The molecule has 0 aromatic carbocycles. The Kier molecular flexibility index (Phi) is 3.28. The van der Waals surface area contributed by atoms with Gasteiger partial charge in [0.2, 0.25) is 0 Å². The number of H-pyrrole nitrogens is 1. The zero-order valence-electron chi connectivity index (χ0n) is 8.89. The number of nitrogens with zero attached hydrogens (tertiary/aromatic N) is 1. The molecule has 0 amide bonds. The average molecular weight is 196 g/mol. The number of aromatic amines is 1. The van der Waals surface area contributed by atoms with E-state index in [0.29, 0.717) is 6.42 Å². The first-order chi connectivity index (χ1) is 6.61. The smallest absolute Gasteiger partial charge is 0.301 e. The Morgan fingerprint density at radius 2 is 1.93 bits per heavy atom. The predicted octanol–water partition coefficient (Wildman–Crippen LogP) is 0.588. The van der Waals surface area contributed by atoms with Gasteiger partial charge in [0.1, 0.15) is 0 Å². The summed E-state index contributed by atoms with van der Waals surface area (Å²) in [5.74, 6) is 0. The lowest BCUT2D eigenvalue weighted by molar-refractivity contribution is 0.692. The van der Waals surface area contributed by atoms with Crippen LogP contribution in [0.25, 0.3) is 0 Å². The van der Waals surface area contributed by atoms with Crippen molar-refractivity contribution in [2.24, 2.45) is 7.05 Å². The second kappa shape index (κ2) is 4.26. The van der Waals surface area contributed by atoms with Crippen molar-refractivity contribution < 1.29 is 0 Å². The van der Waals surface area contributed by atoms with Crippen molar-refractivity contribution in [3.05, 3.63) is 32.1 Å². The molecule has 0 spiro atoms. The fourth-order valence-electron chi connectivity index (χ4n) is 1.63. The number of aromatic nitrogens is 2. The van der Waals surface area contributed by atoms with E-state index in [0.717, 1.165) is 24.1 Å². The molecule has 4 nitrogen and oxygen atoms in total. The molecule has 0 aliphatic heterocycles. The molecular formula is C10H16N2O2. The van der Waals surface area contributed by atoms with Gasteiger partial charge < -0.3 is 4.57 Å². The number of nitrogens with one attached hydrogen (secondary N) is 1. The van der Waals surface area contributed by atoms with Crippen molar-refractivity contribution in [3.63, 3.8) is 0 Å². The summed E-state index contributed by atoms with van der Waals surface area (Å²) in [5, 5.41) is 0. The Morgan fingerprint density at radius 3 is 2.43 bits per heavy atom. The monoisotopic (exact) mass is 196 g/mol. The Morgan fingerprint density at radius 1 is 1.29 bits per heavy atom. The van der Waals surface area contributed by atoms with E-state index in [2.05, 4.69) is 4.98 Å². The Bertz CT molecular complexity index is 429. The van der Waals surface area contributed by atoms with Crippen LogP contribution >= 0.6 is 0 Å². The summed E-state index contributed by atoms with van der Waals surface area (Å²) in [5.41, 5.74) is 1.03. The third-order valence-corrected chi connectivity index (χ3v) is 2.39. The molecule has 1 heterocycles. The third-order valence-electron chi connectivity index (χ3n) is 2.39. The molecule has 1 N–H and O–H groups in total. The predicted molar refractivity (Wildman–Crippen MR) is 55.7 cm³/mol. The minimum Gasteiger partial charge on any atom is -0.301 e. The van der Waals surface area contributed by atoms with Crippen LogP contribution in [0.2, 0.25) is 0 Å². The van der Waals surface area contributed by atoms with E-state index in [1.165, 1.54) is 4.57 Å². The molecule has 0 saturated heterocycles. The summed E-state index contributed by atoms with van der Waals surface area (Å²) >= 11 is 0. The molecule has 1 rings (SSSR count). The molecule has 0 aliphatic carbocycles. The van der Waals surface area contributed by atoms with Gasteiger partial charge in [-0.1, -0.05) is 20.3 Å². The van der Waals surface area contributed by atoms with E-state index in [-0.39, 0.29) is 11.2 Å². The lowest BCUT2D eigenvalue weighted by Gasteiger charge is -2.10. The Labute approximate surface area is 82.6 Å². The molecule has 0 atom stereocenters. The van der Waals surface area contributed by atoms with Gasteiger partial charge in [0.15, 0.2) is 0 Å². The molecule has 78 valence electrons. The van der Waals surface area contributed by atoms with Gasteiger partial charge >= 0.3 is 5.69 Å². The van der Waals surface area contributed by atoms with Gasteiger partial charge in [-0.15, -0.1) is 0 Å². The van der Waals surface area contributed by atoms with Crippen LogP contribution in [-0.4, -0.2) is 9.55 Å². The van der Waals surface area contributed by atoms with Gasteiger partial charge in [-0.05, 0) is 12.8 Å². The van der Waals surface area contributed by atoms with E-state index in [9.17, 15) is 9.59 Å². The van der Waals surface area contributed by atoms with Gasteiger partial charge in [0, 0.05) is 18.3 Å². The SMILES string of the molecule is CCCc1c(CC)c(=O)[nH]c(=O)n1C. The maximum Gasteiger partial charge on any atom is 0.328 e. The summed E-state index contributed by atoms with van der Waals surface area (Å²) in [6.45, 7) is 3.96. The second-order valence-corrected chi connectivity index (χ2v) is 3.35. The minimum atomic E-state index is -0.323. The highest BCUT2D eigenvalue weighted by Crippen LogP contribution is 2.04. The summed E-state index contributed by atoms with van der Waals surface area (Å²) in [6, 6.07) is 0. The van der Waals surface area contributed by atoms with E-state index in [1.807, 2.05) is 13.8 Å². The van der Waals surface area contributed by atoms with Crippen LogP contribution in [0.3, 0.4) is 0 Å². The van der Waals surface area contributed by atoms with Gasteiger partial charge in [-0.25, -0.2) is 4.79 Å². The number of hydrogen-bond acceptors (Lipinski definition) is 2. The number of hydrogen-bond donors (Lipinski definition) is 1. The molecule has 0 aliphatic rings. The summed E-state index contributed by atoms with van der Waals surface area (Å²) in [4.78, 5) is 25.1. The zero-order valence-corrected chi connectivity index (χ0v) is 8.89. The highest BCUT2D eigenvalue weighted by atomic mass is 16.2. The molecule has 0 fully saturated rings. The Balaban J connectivity index is 3.48. The molecular weight excluding hydrogens is 180 g/mol. The molecule has 4 heteroatoms. The first-order valence-corrected chi connectivity index (χ1v) is 4.92. The number of rotatable bonds is 3. The van der Waals surface area contributed by atoms with Crippen LogP contribution in [0.4, 0.5) is 0 Å².